The van der Waals surface area contributed by atoms with Gasteiger partial charge in [0.25, 0.3) is 0 Å². The van der Waals surface area contributed by atoms with Gasteiger partial charge in [0.05, 0.1) is 0 Å². The molecule has 5 heteroatoms. The van der Waals surface area contributed by atoms with Crippen LogP contribution in [0.1, 0.15) is 24.3 Å². The van der Waals surface area contributed by atoms with Gasteiger partial charge in [0.1, 0.15) is 0 Å². The Morgan fingerprint density at radius 2 is 2.33 bits per heavy atom. The molecule has 0 fully saturated rings. The van der Waals surface area contributed by atoms with Gasteiger partial charge in [0, 0.05) is 23.7 Å². The molecule has 0 aliphatic rings. The van der Waals surface area contributed by atoms with Crippen LogP contribution < -0.4 is 5.73 Å². The lowest BCUT2D eigenvalue weighted by Gasteiger charge is -2.27. The molecule has 0 aromatic carbocycles. The normalized spacial score (nSPS) is 13.1. The SMILES string of the molecule is CCN(Cc1cnc(N)s1)C(C)Cc1ccsc1. The smallest absolute Gasteiger partial charge is 0.180 e. The summed E-state index contributed by atoms with van der Waals surface area (Å²) in [6.45, 7) is 6.47. The molecular formula is C13H19N3S2. The maximum atomic E-state index is 5.67. The first-order valence-electron chi connectivity index (χ1n) is 6.14. The second-order valence-corrected chi connectivity index (χ2v) is 6.34. The molecule has 18 heavy (non-hydrogen) atoms. The van der Waals surface area contributed by atoms with E-state index in [1.165, 1.54) is 10.4 Å². The number of hydrogen-bond acceptors (Lipinski definition) is 5. The lowest BCUT2D eigenvalue weighted by molar-refractivity contribution is 0.211. The second kappa shape index (κ2) is 6.31. The van der Waals surface area contributed by atoms with Crippen molar-refractivity contribution in [2.24, 2.45) is 0 Å². The molecule has 2 N–H and O–H groups in total. The van der Waals surface area contributed by atoms with E-state index in [1.54, 1.807) is 22.7 Å². The molecule has 2 heterocycles. The van der Waals surface area contributed by atoms with Gasteiger partial charge < -0.3 is 5.73 Å². The third-order valence-corrected chi connectivity index (χ3v) is 4.61. The van der Waals surface area contributed by atoms with Gasteiger partial charge in [-0.3, -0.25) is 4.90 Å². The highest BCUT2D eigenvalue weighted by Crippen LogP contribution is 2.19. The van der Waals surface area contributed by atoms with Gasteiger partial charge in [-0.05, 0) is 42.3 Å². The lowest BCUT2D eigenvalue weighted by atomic mass is 10.1. The first-order valence-corrected chi connectivity index (χ1v) is 7.90. The number of likely N-dealkylation sites (N-methyl/N-ethyl adjacent to an activating group) is 1. The number of thiophene rings is 1. The Kier molecular flexibility index (Phi) is 4.74. The standard InChI is InChI=1S/C13H19N3S2/c1-3-16(8-12-7-15-13(14)18-12)10(2)6-11-4-5-17-9-11/h4-5,7,9-10H,3,6,8H2,1-2H3,(H2,14,15). The summed E-state index contributed by atoms with van der Waals surface area (Å²) in [7, 11) is 0. The maximum Gasteiger partial charge on any atom is 0.180 e. The number of nitrogens with zero attached hydrogens (tertiary/aromatic N) is 2. The Hall–Kier alpha value is -0.910. The number of anilines is 1. The minimum atomic E-state index is 0.535. The fourth-order valence-electron chi connectivity index (χ4n) is 2.05. The molecule has 0 bridgehead atoms. The van der Waals surface area contributed by atoms with Crippen molar-refractivity contribution >= 4 is 27.8 Å². The summed E-state index contributed by atoms with van der Waals surface area (Å²) in [5.41, 5.74) is 7.10. The molecular weight excluding hydrogens is 262 g/mol. The Morgan fingerprint density at radius 3 is 2.89 bits per heavy atom. The zero-order valence-corrected chi connectivity index (χ0v) is 12.4. The van der Waals surface area contributed by atoms with Crippen molar-refractivity contribution in [1.29, 1.82) is 0 Å². The Morgan fingerprint density at radius 1 is 1.50 bits per heavy atom. The Labute approximate surface area is 116 Å². The summed E-state index contributed by atoms with van der Waals surface area (Å²) in [6, 6.07) is 2.74. The number of rotatable bonds is 6. The summed E-state index contributed by atoms with van der Waals surface area (Å²) in [4.78, 5) is 7.82. The highest BCUT2D eigenvalue weighted by Gasteiger charge is 2.14. The minimum absolute atomic E-state index is 0.535. The molecule has 2 aromatic heterocycles. The van der Waals surface area contributed by atoms with Gasteiger partial charge in [-0.15, -0.1) is 11.3 Å². The van der Waals surface area contributed by atoms with Crippen LogP contribution in [0.4, 0.5) is 5.13 Å². The number of hydrogen-bond donors (Lipinski definition) is 1. The maximum absolute atomic E-state index is 5.67. The molecule has 1 atom stereocenters. The van der Waals surface area contributed by atoms with E-state index < -0.39 is 0 Å². The Bertz CT molecular complexity index is 464. The van der Waals surface area contributed by atoms with E-state index >= 15 is 0 Å². The van der Waals surface area contributed by atoms with Gasteiger partial charge in [-0.1, -0.05) is 6.92 Å². The van der Waals surface area contributed by atoms with Gasteiger partial charge in [-0.25, -0.2) is 4.98 Å². The fraction of sp³-hybridized carbons (Fsp3) is 0.462. The first kappa shape index (κ1) is 13.5. The predicted molar refractivity (Wildman–Crippen MR) is 80.1 cm³/mol. The third kappa shape index (κ3) is 3.54. The summed E-state index contributed by atoms with van der Waals surface area (Å²) < 4.78 is 0. The second-order valence-electron chi connectivity index (χ2n) is 4.41. The molecule has 1 unspecified atom stereocenters. The van der Waals surface area contributed by atoms with Crippen molar-refractivity contribution in [2.45, 2.75) is 32.9 Å². The van der Waals surface area contributed by atoms with E-state index in [0.717, 1.165) is 19.5 Å². The molecule has 0 aliphatic carbocycles. The molecule has 0 aliphatic heterocycles. The van der Waals surface area contributed by atoms with Crippen molar-refractivity contribution < 1.29 is 0 Å². The molecule has 2 aromatic rings. The predicted octanol–water partition coefficient (Wildman–Crippen LogP) is 3.24. The van der Waals surface area contributed by atoms with E-state index in [-0.39, 0.29) is 0 Å². The van der Waals surface area contributed by atoms with Gasteiger partial charge in [-0.2, -0.15) is 11.3 Å². The van der Waals surface area contributed by atoms with Crippen molar-refractivity contribution in [3.8, 4) is 0 Å². The van der Waals surface area contributed by atoms with Crippen LogP contribution in [0.25, 0.3) is 0 Å². The summed E-state index contributed by atoms with van der Waals surface area (Å²) in [5.74, 6) is 0. The van der Waals surface area contributed by atoms with E-state index in [0.29, 0.717) is 11.2 Å². The van der Waals surface area contributed by atoms with Crippen LogP contribution in [-0.4, -0.2) is 22.5 Å². The summed E-state index contributed by atoms with van der Waals surface area (Å²) >= 11 is 3.35. The molecule has 2 rings (SSSR count). The van der Waals surface area contributed by atoms with Crippen LogP contribution in [-0.2, 0) is 13.0 Å². The highest BCUT2D eigenvalue weighted by molar-refractivity contribution is 7.15. The minimum Gasteiger partial charge on any atom is -0.375 e. The van der Waals surface area contributed by atoms with Crippen molar-refractivity contribution in [3.63, 3.8) is 0 Å². The van der Waals surface area contributed by atoms with Crippen LogP contribution in [0.5, 0.6) is 0 Å². The van der Waals surface area contributed by atoms with E-state index in [9.17, 15) is 0 Å². The number of aromatic nitrogens is 1. The van der Waals surface area contributed by atoms with Crippen LogP contribution in [0.2, 0.25) is 0 Å². The quantitative estimate of drug-likeness (QED) is 0.884. The van der Waals surface area contributed by atoms with Gasteiger partial charge >= 0.3 is 0 Å². The molecule has 0 spiro atoms. The van der Waals surface area contributed by atoms with Crippen LogP contribution in [0.15, 0.2) is 23.0 Å². The molecule has 0 saturated heterocycles. The molecule has 0 radical (unpaired) electrons. The number of nitrogens with two attached hydrogens (primary N) is 1. The van der Waals surface area contributed by atoms with E-state index in [2.05, 4.69) is 40.6 Å². The van der Waals surface area contributed by atoms with Crippen LogP contribution >= 0.6 is 22.7 Å². The molecule has 0 saturated carbocycles. The highest BCUT2D eigenvalue weighted by atomic mass is 32.1. The molecule has 98 valence electrons. The van der Waals surface area contributed by atoms with Crippen molar-refractivity contribution in [3.05, 3.63) is 33.5 Å². The van der Waals surface area contributed by atoms with Gasteiger partial charge in [0.2, 0.25) is 0 Å². The zero-order chi connectivity index (χ0) is 13.0. The zero-order valence-electron chi connectivity index (χ0n) is 10.8. The lowest BCUT2D eigenvalue weighted by Crippen LogP contribution is -2.33. The van der Waals surface area contributed by atoms with E-state index in [4.69, 9.17) is 5.73 Å². The molecule has 3 nitrogen and oxygen atoms in total. The topological polar surface area (TPSA) is 42.2 Å². The van der Waals surface area contributed by atoms with Gasteiger partial charge in [0.15, 0.2) is 5.13 Å². The summed E-state index contributed by atoms with van der Waals surface area (Å²) in [6.07, 6.45) is 2.99. The summed E-state index contributed by atoms with van der Waals surface area (Å²) in [5, 5.41) is 5.03. The van der Waals surface area contributed by atoms with Crippen LogP contribution in [0.3, 0.4) is 0 Å². The fourth-order valence-corrected chi connectivity index (χ4v) is 3.45. The average Bonchev–Trinajstić information content (AvgIpc) is 2.97. The number of nitrogen functional groups attached to an aromatic ring is 1. The monoisotopic (exact) mass is 281 g/mol. The first-order chi connectivity index (χ1) is 8.69. The largest absolute Gasteiger partial charge is 0.375 e. The third-order valence-electron chi connectivity index (χ3n) is 3.07. The Balaban J connectivity index is 1.95. The van der Waals surface area contributed by atoms with E-state index in [1.807, 2.05) is 6.20 Å². The molecule has 0 amide bonds. The van der Waals surface area contributed by atoms with Crippen LogP contribution in [0, 0.1) is 0 Å². The van der Waals surface area contributed by atoms with Crippen molar-refractivity contribution in [2.75, 3.05) is 12.3 Å². The number of thiazole rings is 1. The van der Waals surface area contributed by atoms with Crippen molar-refractivity contribution in [1.82, 2.24) is 9.88 Å². The average molecular weight is 281 g/mol.